The van der Waals surface area contributed by atoms with E-state index in [1.165, 1.54) is 0 Å². The molecule has 0 radical (unpaired) electrons. The Hall–Kier alpha value is -1.83. The van der Waals surface area contributed by atoms with E-state index < -0.39 is 32.9 Å². The first-order chi connectivity index (χ1) is 9.81. The second-order valence-corrected chi connectivity index (χ2v) is 6.34. The van der Waals surface area contributed by atoms with E-state index >= 15 is 0 Å². The Bertz CT molecular complexity index is 768. The topological polar surface area (TPSA) is 96.6 Å². The van der Waals surface area contributed by atoms with Crippen molar-refractivity contribution >= 4 is 27.6 Å². The molecule has 112 valence electrons. The number of furan rings is 1. The second-order valence-electron chi connectivity index (χ2n) is 4.29. The van der Waals surface area contributed by atoms with Crippen molar-refractivity contribution in [2.24, 2.45) is 0 Å². The highest BCUT2D eigenvalue weighted by molar-refractivity contribution is 7.89. The first kappa shape index (κ1) is 15.6. The van der Waals surface area contributed by atoms with Gasteiger partial charge in [0.05, 0.1) is 0 Å². The van der Waals surface area contributed by atoms with Gasteiger partial charge in [-0.05, 0) is 30.7 Å². The van der Waals surface area contributed by atoms with Crippen LogP contribution >= 0.6 is 11.6 Å². The van der Waals surface area contributed by atoms with Crippen LogP contribution in [0.25, 0.3) is 0 Å². The van der Waals surface area contributed by atoms with Crippen molar-refractivity contribution in [2.45, 2.75) is 18.1 Å². The minimum atomic E-state index is -3.98. The number of benzene rings is 1. The number of hydrogen-bond acceptors (Lipinski definition) is 4. The van der Waals surface area contributed by atoms with Gasteiger partial charge in [-0.2, -0.15) is 0 Å². The molecule has 0 saturated heterocycles. The van der Waals surface area contributed by atoms with Crippen molar-refractivity contribution < 1.29 is 22.7 Å². The summed E-state index contributed by atoms with van der Waals surface area (Å²) in [6.07, 6.45) is 0. The van der Waals surface area contributed by atoms with Crippen LogP contribution in [0.2, 0.25) is 5.02 Å². The first-order valence-corrected chi connectivity index (χ1v) is 7.77. The molecule has 6 nitrogen and oxygen atoms in total. The summed E-state index contributed by atoms with van der Waals surface area (Å²) in [6.45, 7) is 1.62. The highest BCUT2D eigenvalue weighted by Crippen LogP contribution is 2.24. The van der Waals surface area contributed by atoms with Gasteiger partial charge in [-0.1, -0.05) is 29.8 Å². The average molecular weight is 330 g/mol. The number of sulfonamides is 1. The lowest BCUT2D eigenvalue weighted by Gasteiger charge is -2.14. The fourth-order valence-corrected chi connectivity index (χ4v) is 3.21. The zero-order valence-electron chi connectivity index (χ0n) is 10.9. The van der Waals surface area contributed by atoms with Gasteiger partial charge in [-0.25, -0.2) is 17.9 Å². The first-order valence-electron chi connectivity index (χ1n) is 5.91. The van der Waals surface area contributed by atoms with Gasteiger partial charge in [0.2, 0.25) is 10.9 Å². The Kier molecular flexibility index (Phi) is 4.36. The third-order valence-corrected chi connectivity index (χ3v) is 4.52. The molecule has 2 aromatic rings. The number of carboxylic acids is 1. The number of rotatable bonds is 5. The predicted molar refractivity (Wildman–Crippen MR) is 75.9 cm³/mol. The maximum atomic E-state index is 12.1. The summed E-state index contributed by atoms with van der Waals surface area (Å²) in [4.78, 5) is 10.7. The van der Waals surface area contributed by atoms with E-state index in [0.29, 0.717) is 10.6 Å². The summed E-state index contributed by atoms with van der Waals surface area (Å²) >= 11 is 6.00. The lowest BCUT2D eigenvalue weighted by Crippen LogP contribution is -2.26. The summed E-state index contributed by atoms with van der Waals surface area (Å²) in [5.74, 6) is -1.78. The molecule has 0 fully saturated rings. The zero-order chi connectivity index (χ0) is 15.6. The SMILES string of the molecule is CC(NS(=O)(=O)c1ccc(C(=O)O)o1)c1ccccc1Cl. The molecule has 0 saturated carbocycles. The lowest BCUT2D eigenvalue weighted by atomic mass is 10.1. The Morgan fingerprint density at radius 1 is 1.29 bits per heavy atom. The van der Waals surface area contributed by atoms with Gasteiger partial charge in [0.15, 0.2) is 0 Å². The van der Waals surface area contributed by atoms with Crippen molar-refractivity contribution in [3.63, 3.8) is 0 Å². The van der Waals surface area contributed by atoms with Crippen LogP contribution in [0.4, 0.5) is 0 Å². The monoisotopic (exact) mass is 329 g/mol. The normalized spacial score (nSPS) is 13.0. The number of carboxylic acid groups (broad SMARTS) is 1. The van der Waals surface area contributed by atoms with E-state index in [-0.39, 0.29) is 0 Å². The maximum absolute atomic E-state index is 12.1. The van der Waals surface area contributed by atoms with Crippen LogP contribution in [0.5, 0.6) is 0 Å². The van der Waals surface area contributed by atoms with Crippen LogP contribution in [0.15, 0.2) is 45.9 Å². The standard InChI is InChI=1S/C13H12ClNO5S/c1-8(9-4-2-3-5-10(9)14)15-21(18,19)12-7-6-11(20-12)13(16)17/h2-8,15H,1H3,(H,16,17). The van der Waals surface area contributed by atoms with Gasteiger partial charge in [0.1, 0.15) is 0 Å². The molecule has 21 heavy (non-hydrogen) atoms. The largest absolute Gasteiger partial charge is 0.475 e. The van der Waals surface area contributed by atoms with Gasteiger partial charge in [0, 0.05) is 11.1 Å². The van der Waals surface area contributed by atoms with Crippen molar-refractivity contribution in [1.82, 2.24) is 4.72 Å². The van der Waals surface area contributed by atoms with Crippen LogP contribution in [-0.4, -0.2) is 19.5 Å². The van der Waals surface area contributed by atoms with E-state index in [0.717, 1.165) is 12.1 Å². The smallest absolute Gasteiger partial charge is 0.371 e. The van der Waals surface area contributed by atoms with Crippen molar-refractivity contribution in [1.29, 1.82) is 0 Å². The lowest BCUT2D eigenvalue weighted by molar-refractivity contribution is 0.0656. The molecule has 1 aromatic carbocycles. The zero-order valence-corrected chi connectivity index (χ0v) is 12.5. The summed E-state index contributed by atoms with van der Waals surface area (Å²) in [7, 11) is -3.98. The summed E-state index contributed by atoms with van der Waals surface area (Å²) in [5.41, 5.74) is 0.604. The molecule has 1 atom stereocenters. The average Bonchev–Trinajstić information content (AvgIpc) is 2.89. The molecule has 0 aliphatic carbocycles. The number of hydrogen-bond donors (Lipinski definition) is 2. The Labute approximate surface area is 126 Å². The van der Waals surface area contributed by atoms with Crippen LogP contribution in [-0.2, 0) is 10.0 Å². The summed E-state index contributed by atoms with van der Waals surface area (Å²) in [5, 5.41) is 8.70. The third-order valence-electron chi connectivity index (χ3n) is 2.76. The molecule has 2 rings (SSSR count). The van der Waals surface area contributed by atoms with E-state index in [2.05, 4.69) is 4.72 Å². The molecular formula is C13H12ClNO5S. The number of aromatic carboxylic acids is 1. The van der Waals surface area contributed by atoms with Gasteiger partial charge < -0.3 is 9.52 Å². The van der Waals surface area contributed by atoms with Crippen molar-refractivity contribution in [3.05, 3.63) is 52.7 Å². The molecule has 0 bridgehead atoms. The number of carbonyl (C=O) groups is 1. The van der Waals surface area contributed by atoms with Gasteiger partial charge >= 0.3 is 5.97 Å². The maximum Gasteiger partial charge on any atom is 0.371 e. The molecule has 2 N–H and O–H groups in total. The molecule has 0 aliphatic rings. The van der Waals surface area contributed by atoms with Crippen LogP contribution in [0.1, 0.15) is 29.1 Å². The van der Waals surface area contributed by atoms with Crippen LogP contribution < -0.4 is 4.72 Å². The minimum Gasteiger partial charge on any atom is -0.475 e. The molecule has 0 spiro atoms. The van der Waals surface area contributed by atoms with E-state index in [9.17, 15) is 13.2 Å². The van der Waals surface area contributed by atoms with Crippen LogP contribution in [0, 0.1) is 0 Å². The van der Waals surface area contributed by atoms with Gasteiger partial charge in [-0.3, -0.25) is 0 Å². The molecule has 1 heterocycles. The highest BCUT2D eigenvalue weighted by atomic mass is 35.5. The Morgan fingerprint density at radius 2 is 1.95 bits per heavy atom. The van der Waals surface area contributed by atoms with Crippen LogP contribution in [0.3, 0.4) is 0 Å². The predicted octanol–water partition coefficient (Wildman–Crippen LogP) is 2.67. The summed E-state index contributed by atoms with van der Waals surface area (Å²) in [6, 6.07) is 8.39. The quantitative estimate of drug-likeness (QED) is 0.879. The fourth-order valence-electron chi connectivity index (χ4n) is 1.76. The van der Waals surface area contributed by atoms with Crippen molar-refractivity contribution in [3.8, 4) is 0 Å². The third kappa shape index (κ3) is 3.44. The molecular weight excluding hydrogens is 318 g/mol. The minimum absolute atomic E-state index is 0.429. The number of halogens is 1. The highest BCUT2D eigenvalue weighted by Gasteiger charge is 2.24. The fraction of sp³-hybridized carbons (Fsp3) is 0.154. The van der Waals surface area contributed by atoms with Gasteiger partial charge in [0.25, 0.3) is 10.0 Å². The molecule has 0 amide bonds. The van der Waals surface area contributed by atoms with E-state index in [1.54, 1.807) is 31.2 Å². The summed E-state index contributed by atoms with van der Waals surface area (Å²) < 4.78 is 31.4. The Morgan fingerprint density at radius 3 is 2.52 bits per heavy atom. The molecule has 1 unspecified atom stereocenters. The molecule has 8 heteroatoms. The van der Waals surface area contributed by atoms with Crippen molar-refractivity contribution in [2.75, 3.05) is 0 Å². The molecule has 0 aliphatic heterocycles. The Balaban J connectivity index is 2.24. The van der Waals surface area contributed by atoms with E-state index in [4.69, 9.17) is 21.1 Å². The second kappa shape index (κ2) is 5.88. The van der Waals surface area contributed by atoms with E-state index in [1.807, 2.05) is 0 Å². The number of nitrogens with one attached hydrogen (secondary N) is 1. The molecule has 1 aromatic heterocycles. The van der Waals surface area contributed by atoms with Gasteiger partial charge in [-0.15, -0.1) is 0 Å².